The number of halogens is 2. The number of hydrogen-bond donors (Lipinski definition) is 0. The summed E-state index contributed by atoms with van der Waals surface area (Å²) in [7, 11) is 3.97. The van der Waals surface area contributed by atoms with Crippen LogP contribution in [-0.2, 0) is 5.54 Å². The van der Waals surface area contributed by atoms with E-state index in [1.807, 2.05) is 44.4 Å². The Bertz CT molecular complexity index is 363. The van der Waals surface area contributed by atoms with Crippen LogP contribution in [0.25, 0.3) is 0 Å². The fourth-order valence-corrected chi connectivity index (χ4v) is 2.77. The van der Waals surface area contributed by atoms with Crippen molar-refractivity contribution in [3.63, 3.8) is 0 Å². The van der Waals surface area contributed by atoms with E-state index < -0.39 is 5.92 Å². The molecule has 94 valence electrons. The normalized spacial score (nSPS) is 22.6. The van der Waals surface area contributed by atoms with Crippen molar-refractivity contribution in [1.29, 1.82) is 0 Å². The standard InChI is InChI=1S/C14H19F2N/c1-17(2)13(12-6-4-3-5-7-12)8-10-14(15,16)11-9-13/h3-7H,8-11H2,1-2H3. The van der Waals surface area contributed by atoms with Gasteiger partial charge in [-0.25, -0.2) is 8.78 Å². The first-order chi connectivity index (χ1) is 7.96. The van der Waals surface area contributed by atoms with Gasteiger partial charge in [-0.05, 0) is 32.5 Å². The minimum Gasteiger partial charge on any atom is -0.300 e. The van der Waals surface area contributed by atoms with E-state index in [0.717, 1.165) is 5.56 Å². The maximum absolute atomic E-state index is 13.3. The zero-order chi connectivity index (χ0) is 12.5. The molecule has 0 unspecified atom stereocenters. The topological polar surface area (TPSA) is 3.24 Å². The van der Waals surface area contributed by atoms with Crippen molar-refractivity contribution in [2.75, 3.05) is 14.1 Å². The van der Waals surface area contributed by atoms with Crippen molar-refractivity contribution in [1.82, 2.24) is 4.90 Å². The first-order valence-electron chi connectivity index (χ1n) is 6.07. The van der Waals surface area contributed by atoms with Crippen LogP contribution in [0.3, 0.4) is 0 Å². The highest BCUT2D eigenvalue weighted by Gasteiger charge is 2.45. The van der Waals surface area contributed by atoms with Crippen LogP contribution in [0, 0.1) is 0 Å². The molecule has 2 rings (SSSR count). The van der Waals surface area contributed by atoms with E-state index in [-0.39, 0.29) is 18.4 Å². The molecular weight excluding hydrogens is 220 g/mol. The van der Waals surface area contributed by atoms with Gasteiger partial charge in [0.2, 0.25) is 5.92 Å². The summed E-state index contributed by atoms with van der Waals surface area (Å²) in [5.41, 5.74) is 0.934. The Morgan fingerprint density at radius 3 is 1.94 bits per heavy atom. The van der Waals surface area contributed by atoms with Gasteiger partial charge in [0.05, 0.1) is 0 Å². The average Bonchev–Trinajstić information content (AvgIpc) is 2.30. The fourth-order valence-electron chi connectivity index (χ4n) is 2.77. The lowest BCUT2D eigenvalue weighted by Gasteiger charge is -2.45. The third kappa shape index (κ3) is 2.34. The smallest absolute Gasteiger partial charge is 0.248 e. The third-order valence-corrected chi connectivity index (χ3v) is 3.98. The molecule has 1 fully saturated rings. The molecule has 0 aliphatic heterocycles. The third-order valence-electron chi connectivity index (χ3n) is 3.98. The molecule has 3 heteroatoms. The molecule has 1 aromatic carbocycles. The van der Waals surface area contributed by atoms with E-state index in [9.17, 15) is 8.78 Å². The predicted octanol–water partition coefficient (Wildman–Crippen LogP) is 3.65. The van der Waals surface area contributed by atoms with Crippen molar-refractivity contribution in [3.05, 3.63) is 35.9 Å². The SMILES string of the molecule is CN(C)C1(c2ccccc2)CCC(F)(F)CC1. The largest absolute Gasteiger partial charge is 0.300 e. The predicted molar refractivity (Wildman–Crippen MR) is 65.2 cm³/mol. The van der Waals surface area contributed by atoms with Crippen LogP contribution in [0.4, 0.5) is 8.78 Å². The van der Waals surface area contributed by atoms with Gasteiger partial charge >= 0.3 is 0 Å². The van der Waals surface area contributed by atoms with Crippen molar-refractivity contribution in [3.8, 4) is 0 Å². The minimum atomic E-state index is -2.48. The molecule has 1 aromatic rings. The number of benzene rings is 1. The molecule has 0 atom stereocenters. The van der Waals surface area contributed by atoms with E-state index in [0.29, 0.717) is 12.8 Å². The number of alkyl halides is 2. The van der Waals surface area contributed by atoms with Gasteiger partial charge in [-0.1, -0.05) is 30.3 Å². The molecule has 0 bridgehead atoms. The van der Waals surface area contributed by atoms with Crippen LogP contribution < -0.4 is 0 Å². The highest BCUT2D eigenvalue weighted by molar-refractivity contribution is 5.25. The summed E-state index contributed by atoms with van der Waals surface area (Å²) in [6.07, 6.45) is 1.02. The quantitative estimate of drug-likeness (QED) is 0.761. The van der Waals surface area contributed by atoms with E-state index in [1.54, 1.807) is 0 Å². The molecule has 17 heavy (non-hydrogen) atoms. The van der Waals surface area contributed by atoms with Crippen LogP contribution in [0.2, 0.25) is 0 Å². The first kappa shape index (κ1) is 12.5. The molecule has 1 nitrogen and oxygen atoms in total. The van der Waals surface area contributed by atoms with Crippen molar-refractivity contribution in [2.24, 2.45) is 0 Å². The van der Waals surface area contributed by atoms with Crippen LogP contribution in [0.1, 0.15) is 31.2 Å². The Labute approximate surface area is 101 Å². The van der Waals surface area contributed by atoms with Crippen molar-refractivity contribution < 1.29 is 8.78 Å². The summed E-state index contributed by atoms with van der Waals surface area (Å²) >= 11 is 0. The Hall–Kier alpha value is -0.960. The Kier molecular flexibility index (Phi) is 3.21. The Morgan fingerprint density at radius 1 is 0.941 bits per heavy atom. The van der Waals surface area contributed by atoms with Crippen molar-refractivity contribution >= 4 is 0 Å². The molecular formula is C14H19F2N. The zero-order valence-electron chi connectivity index (χ0n) is 10.4. The first-order valence-corrected chi connectivity index (χ1v) is 6.07. The van der Waals surface area contributed by atoms with Crippen molar-refractivity contribution in [2.45, 2.75) is 37.1 Å². The molecule has 1 saturated carbocycles. The number of rotatable bonds is 2. The second kappa shape index (κ2) is 4.37. The van der Waals surface area contributed by atoms with Gasteiger partial charge in [-0.3, -0.25) is 4.90 Å². The zero-order valence-corrected chi connectivity index (χ0v) is 10.4. The van der Waals surface area contributed by atoms with Gasteiger partial charge in [-0.2, -0.15) is 0 Å². The summed E-state index contributed by atoms with van der Waals surface area (Å²) in [5, 5.41) is 0. The maximum Gasteiger partial charge on any atom is 0.248 e. The molecule has 0 N–H and O–H groups in total. The summed E-state index contributed by atoms with van der Waals surface area (Å²) < 4.78 is 26.6. The van der Waals surface area contributed by atoms with Gasteiger partial charge in [0.25, 0.3) is 0 Å². The molecule has 0 saturated heterocycles. The van der Waals surface area contributed by atoms with Crippen LogP contribution in [0.15, 0.2) is 30.3 Å². The fraction of sp³-hybridized carbons (Fsp3) is 0.571. The number of hydrogen-bond acceptors (Lipinski definition) is 1. The molecule has 0 aromatic heterocycles. The Morgan fingerprint density at radius 2 is 1.47 bits per heavy atom. The second-order valence-corrected chi connectivity index (χ2v) is 5.15. The van der Waals surface area contributed by atoms with Crippen LogP contribution >= 0.6 is 0 Å². The van der Waals surface area contributed by atoms with Crippen LogP contribution in [0.5, 0.6) is 0 Å². The van der Waals surface area contributed by atoms with Gasteiger partial charge in [-0.15, -0.1) is 0 Å². The molecule has 0 amide bonds. The van der Waals surface area contributed by atoms with Gasteiger partial charge < -0.3 is 0 Å². The molecule has 1 aliphatic carbocycles. The van der Waals surface area contributed by atoms with Crippen LogP contribution in [-0.4, -0.2) is 24.9 Å². The lowest BCUT2D eigenvalue weighted by atomic mass is 9.74. The average molecular weight is 239 g/mol. The monoisotopic (exact) mass is 239 g/mol. The summed E-state index contributed by atoms with van der Waals surface area (Å²) in [6.45, 7) is 0. The van der Waals surface area contributed by atoms with Gasteiger partial charge in [0.1, 0.15) is 0 Å². The lowest BCUT2D eigenvalue weighted by molar-refractivity contribution is -0.0757. The minimum absolute atomic E-state index is 0.0138. The maximum atomic E-state index is 13.3. The number of nitrogens with zero attached hydrogens (tertiary/aromatic N) is 1. The molecule has 0 spiro atoms. The summed E-state index contributed by atoms with van der Waals surface area (Å²) in [5.74, 6) is -2.48. The van der Waals surface area contributed by atoms with E-state index in [1.165, 1.54) is 0 Å². The second-order valence-electron chi connectivity index (χ2n) is 5.15. The molecule has 0 radical (unpaired) electrons. The highest BCUT2D eigenvalue weighted by atomic mass is 19.3. The molecule has 0 heterocycles. The Balaban J connectivity index is 2.30. The van der Waals surface area contributed by atoms with E-state index >= 15 is 0 Å². The van der Waals surface area contributed by atoms with E-state index in [4.69, 9.17) is 0 Å². The lowest BCUT2D eigenvalue weighted by Crippen LogP contribution is -2.46. The van der Waals surface area contributed by atoms with Gasteiger partial charge in [0.15, 0.2) is 0 Å². The molecule has 1 aliphatic rings. The summed E-state index contributed by atoms with van der Waals surface area (Å²) in [6, 6.07) is 10.0. The van der Waals surface area contributed by atoms with Gasteiger partial charge in [0, 0.05) is 18.4 Å². The summed E-state index contributed by atoms with van der Waals surface area (Å²) in [4.78, 5) is 2.09. The van der Waals surface area contributed by atoms with E-state index in [2.05, 4.69) is 4.90 Å². The highest BCUT2D eigenvalue weighted by Crippen LogP contribution is 2.46.